The number of esters is 1. The van der Waals surface area contributed by atoms with Gasteiger partial charge >= 0.3 is 5.97 Å². The molecule has 0 spiro atoms. The van der Waals surface area contributed by atoms with Crippen LogP contribution < -0.4 is 24.4 Å². The van der Waals surface area contributed by atoms with Gasteiger partial charge in [-0.15, -0.1) is 0 Å². The summed E-state index contributed by atoms with van der Waals surface area (Å²) in [4.78, 5) is 25.1. The van der Waals surface area contributed by atoms with Crippen LogP contribution in [-0.2, 0) is 4.79 Å². The molecule has 0 saturated carbocycles. The average Bonchev–Trinajstić information content (AvgIpc) is 2.98. The van der Waals surface area contributed by atoms with Gasteiger partial charge in [-0.05, 0) is 84.3 Å². The van der Waals surface area contributed by atoms with Crippen LogP contribution in [-0.4, -0.2) is 37.9 Å². The molecule has 0 fully saturated rings. The highest BCUT2D eigenvalue weighted by atomic mass is 16.6. The molecule has 0 saturated heterocycles. The summed E-state index contributed by atoms with van der Waals surface area (Å²) in [6.07, 6.45) is 2.72. The number of carbonyl (C=O) groups excluding carboxylic acids is 2. The van der Waals surface area contributed by atoms with Gasteiger partial charge in [-0.2, -0.15) is 5.10 Å². The highest BCUT2D eigenvalue weighted by molar-refractivity contribution is 5.92. The van der Waals surface area contributed by atoms with Crippen molar-refractivity contribution in [2.45, 2.75) is 32.8 Å². The number of nitrogens with one attached hydrogen (secondary N) is 1. The molecule has 0 radical (unpaired) electrons. The lowest BCUT2D eigenvalue weighted by atomic mass is 10.1. The molecule has 206 valence electrons. The number of carbonyl (C=O) groups is 2. The summed E-state index contributed by atoms with van der Waals surface area (Å²) in [5.74, 6) is 0.978. The standard InChI is InChI=1S/C32H32N2O6/c1-4-5-18-38-27-14-12-25(13-15-27)32(36)40-29-17-10-23(19-30(29)37-3)21-33-34-31(35)22(2)39-28-16-11-24-8-6-7-9-26(24)20-28/h6-17,19-22H,4-5,18H2,1-3H3,(H,34,35)/b33-21-/t22-/m0/s1. The lowest BCUT2D eigenvalue weighted by Gasteiger charge is -2.13. The van der Waals surface area contributed by atoms with Gasteiger partial charge in [-0.3, -0.25) is 4.79 Å². The summed E-state index contributed by atoms with van der Waals surface area (Å²) >= 11 is 0. The Morgan fingerprint density at radius 1 is 0.900 bits per heavy atom. The Morgan fingerprint density at radius 2 is 1.65 bits per heavy atom. The van der Waals surface area contributed by atoms with Crippen molar-refractivity contribution in [3.63, 3.8) is 0 Å². The van der Waals surface area contributed by atoms with E-state index in [1.54, 1.807) is 49.4 Å². The Hall–Kier alpha value is -4.85. The maximum Gasteiger partial charge on any atom is 0.343 e. The SMILES string of the molecule is CCCCOc1ccc(C(=O)Oc2ccc(/C=N\NC(=O)[C@H](C)Oc3ccc4ccccc4c3)cc2OC)cc1. The van der Waals surface area contributed by atoms with Crippen molar-refractivity contribution < 1.29 is 28.5 Å². The summed E-state index contributed by atoms with van der Waals surface area (Å²) in [5.41, 5.74) is 3.50. The fraction of sp³-hybridized carbons (Fsp3) is 0.219. The molecule has 4 rings (SSSR count). The Kier molecular flexibility index (Phi) is 9.72. The number of amides is 1. The molecular formula is C32H32N2O6. The number of rotatable bonds is 12. The molecule has 0 aromatic heterocycles. The molecule has 8 nitrogen and oxygen atoms in total. The fourth-order valence-corrected chi connectivity index (χ4v) is 3.79. The third-order valence-corrected chi connectivity index (χ3v) is 6.04. The van der Waals surface area contributed by atoms with Crippen molar-refractivity contribution in [3.05, 3.63) is 96.1 Å². The van der Waals surface area contributed by atoms with Gasteiger partial charge in [0, 0.05) is 0 Å². The van der Waals surface area contributed by atoms with Crippen molar-refractivity contribution in [1.29, 1.82) is 0 Å². The van der Waals surface area contributed by atoms with Gasteiger partial charge in [0.15, 0.2) is 17.6 Å². The highest BCUT2D eigenvalue weighted by Crippen LogP contribution is 2.29. The zero-order valence-corrected chi connectivity index (χ0v) is 22.8. The molecule has 40 heavy (non-hydrogen) atoms. The minimum Gasteiger partial charge on any atom is -0.494 e. The largest absolute Gasteiger partial charge is 0.494 e. The molecule has 0 unspecified atom stereocenters. The van der Waals surface area contributed by atoms with Gasteiger partial charge in [0.1, 0.15) is 11.5 Å². The first-order chi connectivity index (χ1) is 19.5. The summed E-state index contributed by atoms with van der Waals surface area (Å²) in [5, 5.41) is 6.14. The van der Waals surface area contributed by atoms with Gasteiger partial charge < -0.3 is 18.9 Å². The third kappa shape index (κ3) is 7.60. The number of nitrogens with zero attached hydrogens (tertiary/aromatic N) is 1. The minimum atomic E-state index is -0.758. The number of benzene rings is 4. The Bertz CT molecular complexity index is 1480. The van der Waals surface area contributed by atoms with Crippen LogP contribution in [0.2, 0.25) is 0 Å². The molecule has 0 aliphatic heterocycles. The molecule has 8 heteroatoms. The van der Waals surface area contributed by atoms with Crippen LogP contribution in [0, 0.1) is 0 Å². The average molecular weight is 541 g/mol. The van der Waals surface area contributed by atoms with E-state index in [1.165, 1.54) is 13.3 Å². The number of unbranched alkanes of at least 4 members (excludes halogenated alkanes) is 1. The van der Waals surface area contributed by atoms with E-state index in [4.69, 9.17) is 18.9 Å². The first kappa shape index (κ1) is 28.2. The Balaban J connectivity index is 1.31. The second-order valence-electron chi connectivity index (χ2n) is 9.03. The van der Waals surface area contributed by atoms with E-state index in [2.05, 4.69) is 17.5 Å². The Labute approximate surface area is 233 Å². The topological polar surface area (TPSA) is 95.5 Å². The minimum absolute atomic E-state index is 0.259. The number of hydrogen-bond donors (Lipinski definition) is 1. The molecule has 4 aromatic carbocycles. The van der Waals surface area contributed by atoms with Crippen LogP contribution in [0.3, 0.4) is 0 Å². The normalized spacial score (nSPS) is 11.7. The summed E-state index contributed by atoms with van der Waals surface area (Å²) < 4.78 is 22.3. The number of hydrazone groups is 1. The fourth-order valence-electron chi connectivity index (χ4n) is 3.79. The van der Waals surface area contributed by atoms with Crippen molar-refractivity contribution >= 4 is 28.9 Å². The Morgan fingerprint density at radius 3 is 2.40 bits per heavy atom. The monoisotopic (exact) mass is 540 g/mol. The van der Waals surface area contributed by atoms with Crippen LogP contribution in [0.4, 0.5) is 0 Å². The summed E-state index contributed by atoms with van der Waals surface area (Å²) in [6, 6.07) is 25.3. The van der Waals surface area contributed by atoms with Crippen molar-refractivity contribution in [3.8, 4) is 23.0 Å². The zero-order chi connectivity index (χ0) is 28.3. The summed E-state index contributed by atoms with van der Waals surface area (Å²) in [6.45, 7) is 4.38. The van der Waals surface area contributed by atoms with Crippen molar-refractivity contribution in [2.24, 2.45) is 5.10 Å². The molecule has 1 atom stereocenters. The van der Waals surface area contributed by atoms with E-state index in [-0.39, 0.29) is 5.75 Å². The van der Waals surface area contributed by atoms with Gasteiger partial charge in [-0.1, -0.05) is 43.7 Å². The highest BCUT2D eigenvalue weighted by Gasteiger charge is 2.15. The molecule has 4 aromatic rings. The maximum absolute atomic E-state index is 12.6. The number of methoxy groups -OCH3 is 1. The quantitative estimate of drug-likeness (QED) is 0.0760. The van der Waals surface area contributed by atoms with Crippen LogP contribution in [0.1, 0.15) is 42.6 Å². The van der Waals surface area contributed by atoms with E-state index in [0.29, 0.717) is 35.0 Å². The molecule has 0 heterocycles. The van der Waals surface area contributed by atoms with Crippen LogP contribution in [0.15, 0.2) is 90.0 Å². The van der Waals surface area contributed by atoms with E-state index in [9.17, 15) is 9.59 Å². The van der Waals surface area contributed by atoms with E-state index in [0.717, 1.165) is 23.6 Å². The smallest absolute Gasteiger partial charge is 0.343 e. The lowest BCUT2D eigenvalue weighted by Crippen LogP contribution is -2.33. The maximum atomic E-state index is 12.6. The molecule has 0 aliphatic carbocycles. The van der Waals surface area contributed by atoms with Gasteiger partial charge in [0.05, 0.1) is 25.5 Å². The first-order valence-electron chi connectivity index (χ1n) is 13.1. The van der Waals surface area contributed by atoms with Crippen LogP contribution >= 0.6 is 0 Å². The molecule has 0 bridgehead atoms. The van der Waals surface area contributed by atoms with Crippen LogP contribution in [0.25, 0.3) is 10.8 Å². The van der Waals surface area contributed by atoms with E-state index >= 15 is 0 Å². The van der Waals surface area contributed by atoms with Gasteiger partial charge in [0.25, 0.3) is 5.91 Å². The predicted molar refractivity (Wildman–Crippen MR) is 155 cm³/mol. The van der Waals surface area contributed by atoms with Gasteiger partial charge in [0.2, 0.25) is 0 Å². The van der Waals surface area contributed by atoms with Gasteiger partial charge in [-0.25, -0.2) is 10.2 Å². The number of ether oxygens (including phenoxy) is 4. The molecule has 0 aliphatic rings. The predicted octanol–water partition coefficient (Wildman–Crippen LogP) is 6.16. The second kappa shape index (κ2) is 13.8. The van der Waals surface area contributed by atoms with Crippen molar-refractivity contribution in [1.82, 2.24) is 5.43 Å². The third-order valence-electron chi connectivity index (χ3n) is 6.04. The molecule has 1 amide bonds. The van der Waals surface area contributed by atoms with E-state index in [1.807, 2.05) is 42.5 Å². The second-order valence-corrected chi connectivity index (χ2v) is 9.03. The zero-order valence-electron chi connectivity index (χ0n) is 22.8. The van der Waals surface area contributed by atoms with Crippen molar-refractivity contribution in [2.75, 3.05) is 13.7 Å². The first-order valence-corrected chi connectivity index (χ1v) is 13.1. The number of fused-ring (bicyclic) bond motifs is 1. The van der Waals surface area contributed by atoms with E-state index < -0.39 is 18.0 Å². The lowest BCUT2D eigenvalue weighted by molar-refractivity contribution is -0.127. The number of hydrogen-bond acceptors (Lipinski definition) is 7. The van der Waals surface area contributed by atoms with Crippen LogP contribution in [0.5, 0.6) is 23.0 Å². The molecular weight excluding hydrogens is 508 g/mol. The summed E-state index contributed by atoms with van der Waals surface area (Å²) in [7, 11) is 1.48. The molecule has 1 N–H and O–H groups in total.